The quantitative estimate of drug-likeness (QED) is 0.179. The zero-order chi connectivity index (χ0) is 26.0. The summed E-state index contributed by atoms with van der Waals surface area (Å²) in [5.41, 5.74) is 6.40. The van der Waals surface area contributed by atoms with Crippen LogP contribution in [0.2, 0.25) is 0 Å². The molecule has 0 bridgehead atoms. The molecule has 3 aromatic carbocycles. The molecule has 37 heavy (non-hydrogen) atoms. The van der Waals surface area contributed by atoms with Crippen molar-refractivity contribution in [1.29, 1.82) is 0 Å². The van der Waals surface area contributed by atoms with E-state index in [4.69, 9.17) is 9.47 Å². The zero-order valence-electron chi connectivity index (χ0n) is 20.8. The Morgan fingerprint density at radius 1 is 1.00 bits per heavy atom. The van der Waals surface area contributed by atoms with Crippen LogP contribution in [-0.2, 0) is 4.79 Å². The van der Waals surface area contributed by atoms with Crippen LogP contribution in [0.4, 0.5) is 0 Å². The van der Waals surface area contributed by atoms with Crippen LogP contribution in [0.25, 0.3) is 23.2 Å². The van der Waals surface area contributed by atoms with Crippen LogP contribution in [0.5, 0.6) is 11.5 Å². The summed E-state index contributed by atoms with van der Waals surface area (Å²) in [6.07, 6.45) is 5.11. The van der Waals surface area contributed by atoms with Crippen molar-refractivity contribution in [3.8, 4) is 28.6 Å². The van der Waals surface area contributed by atoms with Gasteiger partial charge in [0.2, 0.25) is 0 Å². The van der Waals surface area contributed by atoms with Gasteiger partial charge in [0.25, 0.3) is 5.91 Å². The molecule has 9 heteroatoms. The molecule has 0 spiro atoms. The first kappa shape index (κ1) is 25.7. The summed E-state index contributed by atoms with van der Waals surface area (Å²) in [5, 5.41) is 13.4. The maximum absolute atomic E-state index is 12.4. The van der Waals surface area contributed by atoms with Gasteiger partial charge in [0, 0.05) is 23.0 Å². The molecule has 1 N–H and O–H groups in total. The number of hydrazone groups is 1. The van der Waals surface area contributed by atoms with Gasteiger partial charge < -0.3 is 9.47 Å². The number of nitrogens with one attached hydrogen (secondary N) is 1. The molecule has 0 saturated carbocycles. The molecule has 1 aromatic heterocycles. The number of hydrogen-bond acceptors (Lipinski definition) is 7. The first-order chi connectivity index (χ1) is 18.1. The highest BCUT2D eigenvalue weighted by atomic mass is 32.2. The van der Waals surface area contributed by atoms with Crippen molar-refractivity contribution >= 4 is 30.0 Å². The molecule has 4 aromatic rings. The lowest BCUT2D eigenvalue weighted by molar-refractivity contribution is -0.118. The SMILES string of the molecule is COc1ccc(-c2nnc(SCC(=O)NN=CC=Cc3ccccc3OC)n2-c2ccc(C)cc2)cc1. The van der Waals surface area contributed by atoms with Gasteiger partial charge in [-0.15, -0.1) is 10.2 Å². The summed E-state index contributed by atoms with van der Waals surface area (Å²) < 4.78 is 12.5. The number of hydrogen-bond donors (Lipinski definition) is 1. The number of benzene rings is 3. The van der Waals surface area contributed by atoms with Gasteiger partial charge in [0.05, 0.1) is 20.0 Å². The minimum Gasteiger partial charge on any atom is -0.497 e. The summed E-state index contributed by atoms with van der Waals surface area (Å²) in [4.78, 5) is 12.4. The molecule has 4 rings (SSSR count). The van der Waals surface area contributed by atoms with Crippen molar-refractivity contribution in [2.75, 3.05) is 20.0 Å². The van der Waals surface area contributed by atoms with Crippen LogP contribution in [0.1, 0.15) is 11.1 Å². The minimum atomic E-state index is -0.253. The van der Waals surface area contributed by atoms with E-state index in [-0.39, 0.29) is 11.7 Å². The van der Waals surface area contributed by atoms with Gasteiger partial charge in [0.15, 0.2) is 11.0 Å². The van der Waals surface area contributed by atoms with Gasteiger partial charge >= 0.3 is 0 Å². The number of thioether (sulfide) groups is 1. The Kier molecular flexibility index (Phi) is 8.72. The highest BCUT2D eigenvalue weighted by molar-refractivity contribution is 7.99. The van der Waals surface area contributed by atoms with Crippen molar-refractivity contribution < 1.29 is 14.3 Å². The number of rotatable bonds is 10. The van der Waals surface area contributed by atoms with Crippen molar-refractivity contribution in [2.45, 2.75) is 12.1 Å². The Balaban J connectivity index is 1.44. The van der Waals surface area contributed by atoms with E-state index >= 15 is 0 Å². The van der Waals surface area contributed by atoms with E-state index in [1.54, 1.807) is 20.3 Å². The third-order valence-corrected chi connectivity index (χ3v) is 6.30. The summed E-state index contributed by atoms with van der Waals surface area (Å²) in [6, 6.07) is 23.3. The number of amides is 1. The number of nitrogens with zero attached hydrogens (tertiary/aromatic N) is 4. The molecule has 8 nitrogen and oxygen atoms in total. The number of ether oxygens (including phenoxy) is 2. The summed E-state index contributed by atoms with van der Waals surface area (Å²) >= 11 is 1.29. The number of methoxy groups -OCH3 is 2. The van der Waals surface area contributed by atoms with Crippen LogP contribution in [0.15, 0.2) is 89.1 Å². The first-order valence-corrected chi connectivity index (χ1v) is 12.5. The fraction of sp³-hybridized carbons (Fsp3) is 0.143. The monoisotopic (exact) mass is 513 g/mol. The van der Waals surface area contributed by atoms with E-state index in [9.17, 15) is 4.79 Å². The molecular weight excluding hydrogens is 486 g/mol. The highest BCUT2D eigenvalue weighted by Crippen LogP contribution is 2.29. The number of carbonyl (C=O) groups is 1. The standard InChI is InChI=1S/C28H27N5O3S/c1-20-10-14-23(15-11-20)33-27(22-12-16-24(35-2)17-13-22)31-32-28(33)37-19-26(34)30-29-18-6-8-21-7-4-5-9-25(21)36-3/h4-18H,19H2,1-3H3,(H,30,34). The van der Waals surface area contributed by atoms with Crippen molar-refractivity contribution in [3.63, 3.8) is 0 Å². The topological polar surface area (TPSA) is 90.6 Å². The van der Waals surface area contributed by atoms with E-state index in [2.05, 4.69) is 20.7 Å². The van der Waals surface area contributed by atoms with E-state index in [1.807, 2.05) is 90.4 Å². The molecule has 0 aliphatic heterocycles. The number of carbonyl (C=O) groups excluding carboxylic acids is 1. The van der Waals surface area contributed by atoms with Gasteiger partial charge in [0.1, 0.15) is 11.5 Å². The van der Waals surface area contributed by atoms with Gasteiger partial charge in [-0.05, 0) is 61.5 Å². The van der Waals surface area contributed by atoms with Crippen LogP contribution in [0.3, 0.4) is 0 Å². The fourth-order valence-electron chi connectivity index (χ4n) is 3.48. The number of aryl methyl sites for hydroxylation is 1. The molecule has 188 valence electrons. The molecule has 0 atom stereocenters. The average Bonchev–Trinajstić information content (AvgIpc) is 3.36. The average molecular weight is 514 g/mol. The van der Waals surface area contributed by atoms with Crippen molar-refractivity contribution in [3.05, 3.63) is 90.0 Å². The molecule has 0 radical (unpaired) electrons. The molecule has 0 aliphatic rings. The summed E-state index contributed by atoms with van der Waals surface area (Å²) in [5.74, 6) is 2.07. The summed E-state index contributed by atoms with van der Waals surface area (Å²) in [6.45, 7) is 2.03. The van der Waals surface area contributed by atoms with Gasteiger partial charge in [-0.2, -0.15) is 5.10 Å². The number of para-hydroxylation sites is 1. The molecule has 0 aliphatic carbocycles. The van der Waals surface area contributed by atoms with Gasteiger partial charge in [-0.25, -0.2) is 5.43 Å². The molecular formula is C28H27N5O3S. The van der Waals surface area contributed by atoms with E-state index in [1.165, 1.54) is 18.0 Å². The second-order valence-electron chi connectivity index (χ2n) is 7.91. The Morgan fingerprint density at radius 2 is 1.76 bits per heavy atom. The fourth-order valence-corrected chi connectivity index (χ4v) is 4.23. The Labute approximate surface area is 220 Å². The van der Waals surface area contributed by atoms with E-state index in [0.29, 0.717) is 11.0 Å². The van der Waals surface area contributed by atoms with E-state index < -0.39 is 0 Å². The lowest BCUT2D eigenvalue weighted by atomic mass is 10.2. The smallest absolute Gasteiger partial charge is 0.250 e. The summed E-state index contributed by atoms with van der Waals surface area (Å²) in [7, 11) is 3.25. The molecule has 0 fully saturated rings. The lowest BCUT2D eigenvalue weighted by Gasteiger charge is -2.11. The largest absolute Gasteiger partial charge is 0.497 e. The highest BCUT2D eigenvalue weighted by Gasteiger charge is 2.17. The van der Waals surface area contributed by atoms with Gasteiger partial charge in [-0.1, -0.05) is 47.7 Å². The third-order valence-electron chi connectivity index (χ3n) is 5.37. The van der Waals surface area contributed by atoms with Crippen LogP contribution >= 0.6 is 11.8 Å². The van der Waals surface area contributed by atoms with Gasteiger partial charge in [-0.3, -0.25) is 9.36 Å². The third kappa shape index (κ3) is 6.65. The number of aromatic nitrogens is 3. The first-order valence-electron chi connectivity index (χ1n) is 11.5. The second kappa shape index (κ2) is 12.5. The van der Waals surface area contributed by atoms with Crippen molar-refractivity contribution in [2.24, 2.45) is 5.10 Å². The van der Waals surface area contributed by atoms with Crippen LogP contribution < -0.4 is 14.9 Å². The molecule has 1 amide bonds. The maximum Gasteiger partial charge on any atom is 0.250 e. The zero-order valence-corrected chi connectivity index (χ0v) is 21.6. The Hall–Kier alpha value is -4.37. The van der Waals surface area contributed by atoms with Crippen LogP contribution in [-0.4, -0.2) is 46.9 Å². The van der Waals surface area contributed by atoms with E-state index in [0.717, 1.165) is 33.9 Å². The Bertz CT molecular complexity index is 1400. The predicted molar refractivity (Wildman–Crippen MR) is 147 cm³/mol. The maximum atomic E-state index is 12.4. The predicted octanol–water partition coefficient (Wildman–Crippen LogP) is 5.17. The molecule has 0 saturated heterocycles. The van der Waals surface area contributed by atoms with Crippen LogP contribution in [0, 0.1) is 6.92 Å². The molecule has 0 unspecified atom stereocenters. The van der Waals surface area contributed by atoms with Crippen molar-refractivity contribution in [1.82, 2.24) is 20.2 Å². The minimum absolute atomic E-state index is 0.125. The lowest BCUT2D eigenvalue weighted by Crippen LogP contribution is -2.19. The number of allylic oxidation sites excluding steroid dienone is 1. The normalized spacial score (nSPS) is 11.2. The molecule has 1 heterocycles. The Morgan fingerprint density at radius 3 is 2.49 bits per heavy atom. The second-order valence-corrected chi connectivity index (χ2v) is 8.85.